The number of hydrogen-bond acceptors (Lipinski definition) is 3. The summed E-state index contributed by atoms with van der Waals surface area (Å²) in [6.07, 6.45) is 5.23. The number of carboxylic acids is 1. The van der Waals surface area contributed by atoms with Crippen LogP contribution in [0.4, 0.5) is 0 Å². The molecule has 0 aromatic heterocycles. The van der Waals surface area contributed by atoms with Crippen molar-refractivity contribution in [3.63, 3.8) is 0 Å². The highest BCUT2D eigenvalue weighted by Crippen LogP contribution is 2.14. The van der Waals surface area contributed by atoms with Crippen molar-refractivity contribution in [1.82, 2.24) is 0 Å². The van der Waals surface area contributed by atoms with Crippen LogP contribution in [0.5, 0.6) is 0 Å². The van der Waals surface area contributed by atoms with Crippen LogP contribution in [0, 0.1) is 0 Å². The maximum absolute atomic E-state index is 10.9. The Balaban J connectivity index is 3.97. The van der Waals surface area contributed by atoms with E-state index in [1.165, 1.54) is 0 Å². The van der Waals surface area contributed by atoms with Crippen molar-refractivity contribution < 1.29 is 9.90 Å². The Morgan fingerprint density at radius 3 is 2.56 bits per heavy atom. The van der Waals surface area contributed by atoms with Crippen LogP contribution >= 0.6 is 0 Å². The van der Waals surface area contributed by atoms with Gasteiger partial charge in [-0.25, -0.2) is 0 Å². The first-order chi connectivity index (χ1) is 7.42. The maximum Gasteiger partial charge on any atom is 0.323 e. The molecule has 0 saturated carbocycles. The molecule has 1 atom stereocenters. The topological polar surface area (TPSA) is 102 Å². The second-order valence-electron chi connectivity index (χ2n) is 3.81. The van der Waals surface area contributed by atoms with Gasteiger partial charge in [-0.3, -0.25) is 9.79 Å². The van der Waals surface area contributed by atoms with Gasteiger partial charge in [0.1, 0.15) is 5.54 Å². The summed E-state index contributed by atoms with van der Waals surface area (Å²) in [5.74, 6) is -0.406. The summed E-state index contributed by atoms with van der Waals surface area (Å²) in [4.78, 5) is 14.8. The van der Waals surface area contributed by atoms with Crippen molar-refractivity contribution in [3.05, 3.63) is 12.2 Å². The van der Waals surface area contributed by atoms with Crippen LogP contribution in [0.15, 0.2) is 17.1 Å². The zero-order valence-corrected chi connectivity index (χ0v) is 9.94. The van der Waals surface area contributed by atoms with Crippen molar-refractivity contribution in [3.8, 4) is 0 Å². The molecule has 0 amide bonds. The van der Waals surface area contributed by atoms with Crippen LogP contribution in [0.25, 0.3) is 0 Å². The number of carboxylic acid groups (broad SMARTS) is 1. The van der Waals surface area contributed by atoms with Crippen LogP contribution in [0.2, 0.25) is 0 Å². The van der Waals surface area contributed by atoms with E-state index in [4.69, 9.17) is 16.6 Å². The summed E-state index contributed by atoms with van der Waals surface area (Å²) in [6, 6.07) is 0. The third kappa shape index (κ3) is 5.50. The van der Waals surface area contributed by atoms with Crippen molar-refractivity contribution >= 4 is 11.8 Å². The summed E-state index contributed by atoms with van der Waals surface area (Å²) in [6.45, 7) is 4.03. The molecule has 0 rings (SSSR count). The highest BCUT2D eigenvalue weighted by atomic mass is 16.4. The average Bonchev–Trinajstić information content (AvgIpc) is 2.22. The van der Waals surface area contributed by atoms with Crippen LogP contribution in [0.3, 0.4) is 0 Å². The molecule has 0 aliphatic heterocycles. The zero-order valence-electron chi connectivity index (χ0n) is 9.94. The van der Waals surface area contributed by atoms with Crippen LogP contribution < -0.4 is 11.5 Å². The lowest BCUT2D eigenvalue weighted by atomic mass is 9.92. The lowest BCUT2D eigenvalue weighted by Gasteiger charge is -2.21. The van der Waals surface area contributed by atoms with Gasteiger partial charge < -0.3 is 16.6 Å². The Kier molecular flexibility index (Phi) is 6.41. The second kappa shape index (κ2) is 7.00. The number of aliphatic imine (C=N–C) groups is 1. The van der Waals surface area contributed by atoms with E-state index in [1.807, 2.05) is 12.2 Å². The molecular weight excluding hydrogens is 206 g/mol. The van der Waals surface area contributed by atoms with Crippen molar-refractivity contribution in [1.29, 1.82) is 0 Å². The molecule has 1 unspecified atom stereocenters. The normalized spacial score (nSPS) is 16.3. The van der Waals surface area contributed by atoms with Crippen molar-refractivity contribution in [2.45, 2.75) is 38.6 Å². The molecular formula is C11H21N3O2. The van der Waals surface area contributed by atoms with E-state index in [1.54, 1.807) is 13.8 Å². The van der Waals surface area contributed by atoms with Crippen molar-refractivity contribution in [2.24, 2.45) is 16.5 Å². The predicted octanol–water partition coefficient (Wildman–Crippen LogP) is 0.892. The summed E-state index contributed by atoms with van der Waals surface area (Å²) < 4.78 is 0. The molecule has 5 heteroatoms. The summed E-state index contributed by atoms with van der Waals surface area (Å²) in [5, 5.41) is 8.92. The Morgan fingerprint density at radius 1 is 1.50 bits per heavy atom. The maximum atomic E-state index is 10.9. The number of amidine groups is 1. The molecule has 92 valence electrons. The first-order valence-corrected chi connectivity index (χ1v) is 5.36. The Bertz CT molecular complexity index is 283. The summed E-state index contributed by atoms with van der Waals surface area (Å²) in [5.41, 5.74) is 9.96. The quantitative estimate of drug-likeness (QED) is 0.341. The number of nitrogens with two attached hydrogens (primary N) is 2. The molecule has 0 bridgehead atoms. The standard InChI is InChI=1S/C11H21N3O2/c1-3-11(13,10(15)16)7-5-4-6-8-14-9(2)12/h4,6H,3,5,7-8,13H2,1-2H3,(H2,12,14)(H,15,16)/b6-4-. The van der Waals surface area contributed by atoms with Crippen LogP contribution in [0.1, 0.15) is 33.1 Å². The smallest absolute Gasteiger partial charge is 0.323 e. The number of allylic oxidation sites excluding steroid dienone is 1. The summed E-state index contributed by atoms with van der Waals surface area (Å²) >= 11 is 0. The van der Waals surface area contributed by atoms with E-state index < -0.39 is 11.5 Å². The van der Waals surface area contributed by atoms with E-state index in [-0.39, 0.29) is 0 Å². The third-order valence-corrected chi connectivity index (χ3v) is 2.43. The van der Waals surface area contributed by atoms with Gasteiger partial charge in [-0.2, -0.15) is 0 Å². The van der Waals surface area contributed by atoms with Gasteiger partial charge in [0, 0.05) is 0 Å². The third-order valence-electron chi connectivity index (χ3n) is 2.43. The lowest BCUT2D eigenvalue weighted by Crippen LogP contribution is -2.47. The molecule has 0 spiro atoms. The molecule has 5 nitrogen and oxygen atoms in total. The molecule has 0 aliphatic rings. The first kappa shape index (κ1) is 14.6. The van der Waals surface area contributed by atoms with Gasteiger partial charge in [-0.1, -0.05) is 19.1 Å². The molecule has 0 aromatic carbocycles. The van der Waals surface area contributed by atoms with Gasteiger partial charge in [0.05, 0.1) is 12.4 Å². The van der Waals surface area contributed by atoms with Crippen molar-refractivity contribution in [2.75, 3.05) is 6.54 Å². The summed E-state index contributed by atoms with van der Waals surface area (Å²) in [7, 11) is 0. The molecule has 0 heterocycles. The van der Waals surface area contributed by atoms with Gasteiger partial charge in [0.15, 0.2) is 0 Å². The minimum Gasteiger partial charge on any atom is -0.480 e. The van der Waals surface area contributed by atoms with Gasteiger partial charge in [0.2, 0.25) is 0 Å². The zero-order chi connectivity index (χ0) is 12.6. The minimum atomic E-state index is -1.11. The molecule has 0 aromatic rings. The second-order valence-corrected chi connectivity index (χ2v) is 3.81. The highest BCUT2D eigenvalue weighted by molar-refractivity contribution is 5.78. The van der Waals surface area contributed by atoms with E-state index in [0.717, 1.165) is 0 Å². The number of aliphatic carboxylic acids is 1. The molecule has 0 saturated heterocycles. The molecule has 0 radical (unpaired) electrons. The number of rotatable bonds is 7. The van der Waals surface area contributed by atoms with Gasteiger partial charge >= 0.3 is 5.97 Å². The van der Waals surface area contributed by atoms with E-state index in [9.17, 15) is 4.79 Å². The average molecular weight is 227 g/mol. The number of nitrogens with zero attached hydrogens (tertiary/aromatic N) is 1. The fourth-order valence-corrected chi connectivity index (χ4v) is 1.16. The number of hydrogen-bond donors (Lipinski definition) is 3. The monoisotopic (exact) mass is 227 g/mol. The van der Waals surface area contributed by atoms with E-state index in [2.05, 4.69) is 4.99 Å². The highest BCUT2D eigenvalue weighted by Gasteiger charge is 2.30. The Hall–Kier alpha value is -1.36. The lowest BCUT2D eigenvalue weighted by molar-refractivity contribution is -0.143. The van der Waals surface area contributed by atoms with E-state index >= 15 is 0 Å². The van der Waals surface area contributed by atoms with Gasteiger partial charge in [-0.05, 0) is 26.2 Å². The fourth-order valence-electron chi connectivity index (χ4n) is 1.16. The SMILES string of the molecule is CCC(N)(CC/C=C\CN=C(C)N)C(=O)O. The van der Waals surface area contributed by atoms with Crippen LogP contribution in [-0.4, -0.2) is 29.0 Å². The van der Waals surface area contributed by atoms with Crippen LogP contribution in [-0.2, 0) is 4.79 Å². The minimum absolute atomic E-state index is 0.427. The largest absolute Gasteiger partial charge is 0.480 e. The van der Waals surface area contributed by atoms with Gasteiger partial charge in [0.25, 0.3) is 0 Å². The first-order valence-electron chi connectivity index (χ1n) is 5.36. The fraction of sp³-hybridized carbons (Fsp3) is 0.636. The molecule has 0 fully saturated rings. The molecule has 16 heavy (non-hydrogen) atoms. The predicted molar refractivity (Wildman–Crippen MR) is 65.4 cm³/mol. The van der Waals surface area contributed by atoms with Gasteiger partial charge in [-0.15, -0.1) is 0 Å². The Morgan fingerprint density at radius 2 is 2.12 bits per heavy atom. The Labute approximate surface area is 96.2 Å². The molecule has 5 N–H and O–H groups in total. The number of carbonyl (C=O) groups is 1. The van der Waals surface area contributed by atoms with E-state index in [0.29, 0.717) is 31.6 Å². The molecule has 0 aliphatic carbocycles.